The lowest BCUT2D eigenvalue weighted by atomic mass is 10.2. The van der Waals surface area contributed by atoms with Gasteiger partial charge in [-0.05, 0) is 19.1 Å². The van der Waals surface area contributed by atoms with Crippen LogP contribution in [-0.2, 0) is 4.79 Å². The molecular formula is C10H11ClN2O3. The molecule has 1 heterocycles. The molecule has 0 aliphatic carbocycles. The Morgan fingerprint density at radius 3 is 2.75 bits per heavy atom. The fourth-order valence-electron chi connectivity index (χ4n) is 1.13. The normalized spacial score (nSPS) is 11.9. The first kappa shape index (κ1) is 12.4. The Bertz CT molecular complexity index is 392. The summed E-state index contributed by atoms with van der Waals surface area (Å²) in [5.74, 6) is -1.32. The second kappa shape index (κ2) is 5.46. The van der Waals surface area contributed by atoms with E-state index in [9.17, 15) is 9.59 Å². The molecule has 0 spiro atoms. The van der Waals surface area contributed by atoms with Gasteiger partial charge < -0.3 is 10.4 Å². The van der Waals surface area contributed by atoms with E-state index < -0.39 is 12.0 Å². The maximum absolute atomic E-state index is 11.6. The highest BCUT2D eigenvalue weighted by Gasteiger charge is 2.12. The fraction of sp³-hybridized carbons (Fsp3) is 0.300. The fourth-order valence-corrected chi connectivity index (χ4v) is 1.24. The van der Waals surface area contributed by atoms with Gasteiger partial charge in [-0.2, -0.15) is 0 Å². The zero-order chi connectivity index (χ0) is 12.1. The standard InChI is InChI=1S/C10H11ClN2O3/c1-6(4-9(14)15)13-10(16)7-2-3-8(11)12-5-7/h2-3,5-6H,4H2,1H3,(H,13,16)(H,14,15). The molecular weight excluding hydrogens is 232 g/mol. The van der Waals surface area contributed by atoms with Gasteiger partial charge in [-0.3, -0.25) is 9.59 Å². The van der Waals surface area contributed by atoms with Crippen LogP contribution in [0.2, 0.25) is 5.15 Å². The van der Waals surface area contributed by atoms with Gasteiger partial charge >= 0.3 is 5.97 Å². The summed E-state index contributed by atoms with van der Waals surface area (Å²) < 4.78 is 0. The molecule has 1 aromatic heterocycles. The van der Waals surface area contributed by atoms with Crippen molar-refractivity contribution in [3.63, 3.8) is 0 Å². The molecule has 0 bridgehead atoms. The molecule has 1 amide bonds. The molecule has 0 aliphatic rings. The van der Waals surface area contributed by atoms with E-state index >= 15 is 0 Å². The Hall–Kier alpha value is -1.62. The SMILES string of the molecule is CC(CC(=O)O)NC(=O)c1ccc(Cl)nc1. The molecule has 86 valence electrons. The summed E-state index contributed by atoms with van der Waals surface area (Å²) in [6.45, 7) is 1.62. The van der Waals surface area contributed by atoms with Crippen molar-refractivity contribution in [3.8, 4) is 0 Å². The van der Waals surface area contributed by atoms with E-state index in [1.807, 2.05) is 0 Å². The van der Waals surface area contributed by atoms with E-state index in [2.05, 4.69) is 10.3 Å². The smallest absolute Gasteiger partial charge is 0.305 e. The van der Waals surface area contributed by atoms with Crippen LogP contribution in [0.1, 0.15) is 23.7 Å². The van der Waals surface area contributed by atoms with Crippen molar-refractivity contribution in [3.05, 3.63) is 29.0 Å². The van der Waals surface area contributed by atoms with Crippen LogP contribution in [0, 0.1) is 0 Å². The number of nitrogens with zero attached hydrogens (tertiary/aromatic N) is 1. The lowest BCUT2D eigenvalue weighted by Gasteiger charge is -2.11. The van der Waals surface area contributed by atoms with E-state index in [0.29, 0.717) is 10.7 Å². The molecule has 1 atom stereocenters. The number of carbonyl (C=O) groups is 2. The Labute approximate surface area is 97.4 Å². The van der Waals surface area contributed by atoms with E-state index in [0.717, 1.165) is 0 Å². The van der Waals surface area contributed by atoms with Crippen molar-refractivity contribution in [2.75, 3.05) is 0 Å². The molecule has 0 fully saturated rings. The minimum Gasteiger partial charge on any atom is -0.481 e. The Kier molecular flexibility index (Phi) is 4.25. The minimum atomic E-state index is -0.956. The number of aromatic nitrogens is 1. The van der Waals surface area contributed by atoms with Crippen LogP contribution >= 0.6 is 11.6 Å². The molecule has 0 radical (unpaired) electrons. The van der Waals surface area contributed by atoms with E-state index in [4.69, 9.17) is 16.7 Å². The van der Waals surface area contributed by atoms with Crippen LogP contribution in [0.4, 0.5) is 0 Å². The average molecular weight is 243 g/mol. The maximum Gasteiger partial charge on any atom is 0.305 e. The summed E-state index contributed by atoms with van der Waals surface area (Å²) in [7, 11) is 0. The van der Waals surface area contributed by atoms with Gasteiger partial charge in [0.1, 0.15) is 5.15 Å². The van der Waals surface area contributed by atoms with Gasteiger partial charge in [0.25, 0.3) is 5.91 Å². The van der Waals surface area contributed by atoms with Crippen LogP contribution < -0.4 is 5.32 Å². The first-order chi connectivity index (χ1) is 7.49. The maximum atomic E-state index is 11.6. The molecule has 1 aromatic rings. The monoisotopic (exact) mass is 242 g/mol. The van der Waals surface area contributed by atoms with Gasteiger partial charge in [-0.25, -0.2) is 4.98 Å². The highest BCUT2D eigenvalue weighted by atomic mass is 35.5. The Balaban J connectivity index is 2.58. The summed E-state index contributed by atoms with van der Waals surface area (Å²) in [5, 5.41) is 11.4. The second-order valence-electron chi connectivity index (χ2n) is 3.34. The number of carboxylic acids is 1. The molecule has 0 aromatic carbocycles. The molecule has 5 nitrogen and oxygen atoms in total. The highest BCUT2D eigenvalue weighted by Crippen LogP contribution is 2.05. The number of nitrogens with one attached hydrogen (secondary N) is 1. The third-order valence-electron chi connectivity index (χ3n) is 1.85. The van der Waals surface area contributed by atoms with Gasteiger partial charge in [0.15, 0.2) is 0 Å². The first-order valence-electron chi connectivity index (χ1n) is 4.63. The van der Waals surface area contributed by atoms with Gasteiger partial charge in [-0.15, -0.1) is 0 Å². The third-order valence-corrected chi connectivity index (χ3v) is 2.07. The Morgan fingerprint density at radius 1 is 1.56 bits per heavy atom. The predicted octanol–water partition coefficient (Wildman–Crippen LogP) is 1.33. The van der Waals surface area contributed by atoms with Crippen LogP contribution in [-0.4, -0.2) is 28.0 Å². The lowest BCUT2D eigenvalue weighted by molar-refractivity contribution is -0.137. The number of aliphatic carboxylic acids is 1. The summed E-state index contributed by atoms with van der Waals surface area (Å²) in [6.07, 6.45) is 1.22. The molecule has 2 N–H and O–H groups in total. The number of rotatable bonds is 4. The predicted molar refractivity (Wildman–Crippen MR) is 58.4 cm³/mol. The number of hydrogen-bond donors (Lipinski definition) is 2. The highest BCUT2D eigenvalue weighted by molar-refractivity contribution is 6.29. The lowest BCUT2D eigenvalue weighted by Crippen LogP contribution is -2.34. The molecule has 0 aliphatic heterocycles. The molecule has 1 unspecified atom stereocenters. The van der Waals surface area contributed by atoms with Crippen LogP contribution in [0.3, 0.4) is 0 Å². The van der Waals surface area contributed by atoms with Gasteiger partial charge in [0.2, 0.25) is 0 Å². The second-order valence-corrected chi connectivity index (χ2v) is 3.73. The largest absolute Gasteiger partial charge is 0.481 e. The average Bonchev–Trinajstić information content (AvgIpc) is 2.16. The van der Waals surface area contributed by atoms with Crippen LogP contribution in [0.25, 0.3) is 0 Å². The number of halogens is 1. The topological polar surface area (TPSA) is 79.3 Å². The summed E-state index contributed by atoms with van der Waals surface area (Å²) in [6, 6.07) is 2.59. The molecule has 0 saturated carbocycles. The molecule has 0 saturated heterocycles. The van der Waals surface area contributed by atoms with Crippen molar-refractivity contribution in [1.29, 1.82) is 0 Å². The quantitative estimate of drug-likeness (QED) is 0.781. The number of hydrogen-bond acceptors (Lipinski definition) is 3. The summed E-state index contributed by atoms with van der Waals surface area (Å²) >= 11 is 5.57. The summed E-state index contributed by atoms with van der Waals surface area (Å²) in [5.41, 5.74) is 0.349. The van der Waals surface area contributed by atoms with E-state index in [1.165, 1.54) is 18.3 Å². The zero-order valence-corrected chi connectivity index (χ0v) is 9.36. The van der Waals surface area contributed by atoms with Crippen molar-refractivity contribution < 1.29 is 14.7 Å². The third kappa shape index (κ3) is 3.86. The molecule has 1 rings (SSSR count). The number of amides is 1. The van der Waals surface area contributed by atoms with Crippen molar-refractivity contribution in [1.82, 2.24) is 10.3 Å². The molecule has 16 heavy (non-hydrogen) atoms. The number of carboxylic acid groups (broad SMARTS) is 1. The molecule has 6 heteroatoms. The van der Waals surface area contributed by atoms with E-state index in [1.54, 1.807) is 6.92 Å². The van der Waals surface area contributed by atoms with E-state index in [-0.39, 0.29) is 12.3 Å². The summed E-state index contributed by atoms with van der Waals surface area (Å²) in [4.78, 5) is 25.7. The van der Waals surface area contributed by atoms with Crippen LogP contribution in [0.15, 0.2) is 18.3 Å². The van der Waals surface area contributed by atoms with Crippen molar-refractivity contribution in [2.24, 2.45) is 0 Å². The minimum absolute atomic E-state index is 0.118. The van der Waals surface area contributed by atoms with Crippen molar-refractivity contribution >= 4 is 23.5 Å². The Morgan fingerprint density at radius 2 is 2.25 bits per heavy atom. The number of pyridine rings is 1. The zero-order valence-electron chi connectivity index (χ0n) is 8.61. The van der Waals surface area contributed by atoms with Crippen LogP contribution in [0.5, 0.6) is 0 Å². The first-order valence-corrected chi connectivity index (χ1v) is 5.01. The van der Waals surface area contributed by atoms with Gasteiger partial charge in [0.05, 0.1) is 12.0 Å². The van der Waals surface area contributed by atoms with Crippen molar-refractivity contribution in [2.45, 2.75) is 19.4 Å². The van der Waals surface area contributed by atoms with Gasteiger partial charge in [0, 0.05) is 12.2 Å². The van der Waals surface area contributed by atoms with Gasteiger partial charge in [-0.1, -0.05) is 11.6 Å². The number of carbonyl (C=O) groups excluding carboxylic acids is 1.